The van der Waals surface area contributed by atoms with Gasteiger partial charge in [0.25, 0.3) is 0 Å². The Morgan fingerprint density at radius 3 is 2.39 bits per heavy atom. The number of likely N-dealkylation sites (tertiary alicyclic amines) is 1. The van der Waals surface area contributed by atoms with E-state index in [1.165, 1.54) is 11.3 Å². The van der Waals surface area contributed by atoms with Gasteiger partial charge in [-0.1, -0.05) is 12.1 Å². The smallest absolute Gasteiger partial charge is 0.213 e. The van der Waals surface area contributed by atoms with Crippen LogP contribution in [0.1, 0.15) is 25.3 Å². The molecule has 0 amide bonds. The summed E-state index contributed by atoms with van der Waals surface area (Å²) in [7, 11) is 2.74. The van der Waals surface area contributed by atoms with Crippen molar-refractivity contribution in [2.45, 2.75) is 32.4 Å². The van der Waals surface area contributed by atoms with Crippen LogP contribution in [0.2, 0.25) is 0 Å². The van der Waals surface area contributed by atoms with Crippen LogP contribution >= 0.6 is 0 Å². The van der Waals surface area contributed by atoms with E-state index < -0.39 is 10.0 Å². The van der Waals surface area contributed by atoms with Crippen molar-refractivity contribution in [2.24, 2.45) is 0 Å². The van der Waals surface area contributed by atoms with Gasteiger partial charge in [0.1, 0.15) is 0 Å². The Hall–Kier alpha value is -1.11. The van der Waals surface area contributed by atoms with E-state index in [1.807, 2.05) is 0 Å². The summed E-state index contributed by atoms with van der Waals surface area (Å²) >= 11 is 0. The first-order valence-electron chi connectivity index (χ1n) is 8.28. The molecule has 0 aromatic heterocycles. The lowest BCUT2D eigenvalue weighted by Crippen LogP contribution is -2.45. The van der Waals surface area contributed by atoms with E-state index in [0.717, 1.165) is 32.5 Å². The second kappa shape index (κ2) is 7.64. The number of rotatable bonds is 6. The Balaban J connectivity index is 1.91. The van der Waals surface area contributed by atoms with Crippen LogP contribution in [0.15, 0.2) is 24.3 Å². The van der Waals surface area contributed by atoms with Crippen molar-refractivity contribution in [3.63, 3.8) is 0 Å². The number of hydrogen-bond donors (Lipinski definition) is 0. The van der Waals surface area contributed by atoms with Gasteiger partial charge in [-0.2, -0.15) is 0 Å². The van der Waals surface area contributed by atoms with Gasteiger partial charge in [0, 0.05) is 52.5 Å². The van der Waals surface area contributed by atoms with Gasteiger partial charge in [-0.05, 0) is 37.5 Å². The Bertz CT molecular complexity index is 608. The Labute approximate surface area is 140 Å². The van der Waals surface area contributed by atoms with Crippen LogP contribution in [0.25, 0.3) is 0 Å². The van der Waals surface area contributed by atoms with E-state index in [-0.39, 0.29) is 11.8 Å². The van der Waals surface area contributed by atoms with Gasteiger partial charge in [-0.3, -0.25) is 4.90 Å². The van der Waals surface area contributed by atoms with Crippen LogP contribution in [0, 0.1) is 0 Å². The number of piperidine rings is 1. The highest BCUT2D eigenvalue weighted by atomic mass is 32.2. The summed E-state index contributed by atoms with van der Waals surface area (Å²) in [6.45, 7) is 4.53. The molecular formula is C17H29N3O2S. The van der Waals surface area contributed by atoms with E-state index in [9.17, 15) is 8.42 Å². The molecule has 1 aliphatic rings. The van der Waals surface area contributed by atoms with E-state index in [4.69, 9.17) is 0 Å². The van der Waals surface area contributed by atoms with Crippen LogP contribution in [0.3, 0.4) is 0 Å². The molecular weight excluding hydrogens is 310 g/mol. The highest BCUT2D eigenvalue weighted by Crippen LogP contribution is 2.21. The molecule has 5 nitrogen and oxygen atoms in total. The normalized spacial score (nSPS) is 17.6. The summed E-state index contributed by atoms with van der Waals surface area (Å²) < 4.78 is 25.5. The molecule has 0 radical (unpaired) electrons. The van der Waals surface area contributed by atoms with Gasteiger partial charge in [0.05, 0.1) is 5.75 Å². The minimum atomic E-state index is -3.08. The third-order valence-electron chi connectivity index (χ3n) is 4.71. The lowest BCUT2D eigenvalue weighted by molar-refractivity contribution is 0.164. The molecule has 0 N–H and O–H groups in total. The van der Waals surface area contributed by atoms with Gasteiger partial charge in [0.2, 0.25) is 10.0 Å². The van der Waals surface area contributed by atoms with E-state index in [0.29, 0.717) is 0 Å². The third-order valence-corrected chi connectivity index (χ3v) is 6.61. The molecule has 2 rings (SSSR count). The topological polar surface area (TPSA) is 43.9 Å². The SMILES string of the molecule is CCS(=O)(=O)N(C)C1CCN(Cc2cccc(N(C)C)c2)CC1. The molecule has 130 valence electrons. The van der Waals surface area contributed by atoms with Gasteiger partial charge >= 0.3 is 0 Å². The summed E-state index contributed by atoms with van der Waals surface area (Å²) in [6.07, 6.45) is 1.81. The monoisotopic (exact) mass is 339 g/mol. The fourth-order valence-electron chi connectivity index (χ4n) is 3.06. The third kappa shape index (κ3) is 4.68. The molecule has 1 fully saturated rings. The molecule has 1 aromatic carbocycles. The van der Waals surface area contributed by atoms with E-state index in [1.54, 1.807) is 18.3 Å². The van der Waals surface area contributed by atoms with Gasteiger partial charge in [0.15, 0.2) is 0 Å². The molecule has 0 bridgehead atoms. The molecule has 23 heavy (non-hydrogen) atoms. The number of nitrogens with zero attached hydrogens (tertiary/aromatic N) is 3. The molecule has 0 aliphatic carbocycles. The number of hydrogen-bond acceptors (Lipinski definition) is 4. The Kier molecular flexibility index (Phi) is 6.06. The molecule has 0 unspecified atom stereocenters. The van der Waals surface area contributed by atoms with Crippen molar-refractivity contribution in [1.82, 2.24) is 9.21 Å². The van der Waals surface area contributed by atoms with Crippen LogP contribution in [0.5, 0.6) is 0 Å². The van der Waals surface area contributed by atoms with Crippen molar-refractivity contribution in [2.75, 3.05) is 44.9 Å². The maximum absolute atomic E-state index is 12.0. The predicted octanol–water partition coefficient (Wildman–Crippen LogP) is 2.00. The highest BCUT2D eigenvalue weighted by molar-refractivity contribution is 7.89. The van der Waals surface area contributed by atoms with Crippen LogP contribution in [-0.4, -0.2) is 63.7 Å². The van der Waals surface area contributed by atoms with Crippen molar-refractivity contribution in [3.05, 3.63) is 29.8 Å². The average Bonchev–Trinajstić information content (AvgIpc) is 2.55. The average molecular weight is 340 g/mol. The zero-order valence-corrected chi connectivity index (χ0v) is 15.5. The molecule has 0 spiro atoms. The predicted molar refractivity (Wildman–Crippen MR) is 96.3 cm³/mol. The largest absolute Gasteiger partial charge is 0.378 e. The molecule has 0 saturated carbocycles. The van der Waals surface area contributed by atoms with Crippen molar-refractivity contribution >= 4 is 15.7 Å². The first-order chi connectivity index (χ1) is 10.8. The summed E-state index contributed by atoms with van der Waals surface area (Å²) in [5, 5.41) is 0. The minimum Gasteiger partial charge on any atom is -0.378 e. The summed E-state index contributed by atoms with van der Waals surface area (Å²) in [5.41, 5.74) is 2.52. The zero-order chi connectivity index (χ0) is 17.0. The molecule has 6 heteroatoms. The first kappa shape index (κ1) is 18.2. The van der Waals surface area contributed by atoms with Crippen LogP contribution in [-0.2, 0) is 16.6 Å². The van der Waals surface area contributed by atoms with E-state index >= 15 is 0 Å². The van der Waals surface area contributed by atoms with Crippen molar-refractivity contribution in [1.29, 1.82) is 0 Å². The lowest BCUT2D eigenvalue weighted by atomic mass is 10.0. The fourth-order valence-corrected chi connectivity index (χ4v) is 4.14. The summed E-state index contributed by atoms with van der Waals surface area (Å²) in [5.74, 6) is 0.182. The molecule has 1 aliphatic heterocycles. The Morgan fingerprint density at radius 1 is 1.17 bits per heavy atom. The number of benzene rings is 1. The molecule has 1 saturated heterocycles. The fraction of sp³-hybridized carbons (Fsp3) is 0.647. The highest BCUT2D eigenvalue weighted by Gasteiger charge is 2.28. The maximum atomic E-state index is 12.0. The van der Waals surface area contributed by atoms with Crippen molar-refractivity contribution < 1.29 is 8.42 Å². The maximum Gasteiger partial charge on any atom is 0.213 e. The lowest BCUT2D eigenvalue weighted by Gasteiger charge is -2.36. The standard InChI is InChI=1S/C17H29N3O2S/c1-5-23(21,22)19(4)16-9-11-20(12-10-16)14-15-7-6-8-17(13-15)18(2)3/h6-8,13,16H,5,9-12,14H2,1-4H3. The summed E-state index contributed by atoms with van der Waals surface area (Å²) in [4.78, 5) is 4.53. The summed E-state index contributed by atoms with van der Waals surface area (Å²) in [6, 6.07) is 8.73. The minimum absolute atomic E-state index is 0.143. The first-order valence-corrected chi connectivity index (χ1v) is 9.88. The number of anilines is 1. The second-order valence-electron chi connectivity index (χ2n) is 6.49. The van der Waals surface area contributed by atoms with Crippen LogP contribution in [0.4, 0.5) is 5.69 Å². The number of sulfonamides is 1. The van der Waals surface area contributed by atoms with Gasteiger partial charge in [-0.15, -0.1) is 0 Å². The second-order valence-corrected chi connectivity index (χ2v) is 8.81. The van der Waals surface area contributed by atoms with Crippen LogP contribution < -0.4 is 4.90 Å². The van der Waals surface area contributed by atoms with Gasteiger partial charge in [-0.25, -0.2) is 12.7 Å². The molecule has 1 aromatic rings. The quantitative estimate of drug-likeness (QED) is 0.795. The Morgan fingerprint density at radius 2 is 1.83 bits per heavy atom. The van der Waals surface area contributed by atoms with Gasteiger partial charge < -0.3 is 4.90 Å². The van der Waals surface area contributed by atoms with Crippen molar-refractivity contribution in [3.8, 4) is 0 Å². The van der Waals surface area contributed by atoms with E-state index in [2.05, 4.69) is 48.2 Å². The molecule has 1 heterocycles. The zero-order valence-electron chi connectivity index (χ0n) is 14.7. The molecule has 0 atom stereocenters.